The van der Waals surface area contributed by atoms with Gasteiger partial charge in [-0.1, -0.05) is 6.07 Å². The fourth-order valence-corrected chi connectivity index (χ4v) is 2.15. The number of rotatable bonds is 3. The Hall–Kier alpha value is -2.47. The first-order valence-corrected chi connectivity index (χ1v) is 5.97. The van der Waals surface area contributed by atoms with Gasteiger partial charge in [0.1, 0.15) is 5.82 Å². The van der Waals surface area contributed by atoms with Crippen LogP contribution in [0.1, 0.15) is 17.3 Å². The summed E-state index contributed by atoms with van der Waals surface area (Å²) in [6.45, 7) is 0.407. The van der Waals surface area contributed by atoms with Gasteiger partial charge in [-0.25, -0.2) is 14.8 Å². The zero-order valence-electron chi connectivity index (χ0n) is 10.1. The third-order valence-corrected chi connectivity index (χ3v) is 3.08. The summed E-state index contributed by atoms with van der Waals surface area (Å²) in [4.78, 5) is 25.2. The molecule has 1 aromatic carbocycles. The molecule has 2 aromatic heterocycles. The van der Waals surface area contributed by atoms with Crippen LogP contribution in [0.5, 0.6) is 0 Å². The number of imidazole rings is 1. The van der Waals surface area contributed by atoms with Crippen molar-refractivity contribution in [2.75, 3.05) is 6.54 Å². The van der Waals surface area contributed by atoms with Gasteiger partial charge in [0.25, 0.3) is 0 Å². The van der Waals surface area contributed by atoms with Crippen molar-refractivity contribution in [2.45, 2.75) is 5.92 Å². The highest BCUT2D eigenvalue weighted by Gasteiger charge is 2.15. The molecule has 0 spiro atoms. The average molecular weight is 255 g/mol. The van der Waals surface area contributed by atoms with Crippen molar-refractivity contribution in [1.29, 1.82) is 0 Å². The first kappa shape index (κ1) is 11.6. The Kier molecular flexibility index (Phi) is 2.85. The van der Waals surface area contributed by atoms with Crippen molar-refractivity contribution in [3.05, 3.63) is 58.5 Å². The molecule has 0 radical (unpaired) electrons. The molecule has 4 N–H and O–H groups in total. The summed E-state index contributed by atoms with van der Waals surface area (Å²) in [6, 6.07) is 7.46. The van der Waals surface area contributed by atoms with Crippen molar-refractivity contribution >= 4 is 11.0 Å². The Bertz CT molecular complexity index is 746. The minimum atomic E-state index is -0.215. The summed E-state index contributed by atoms with van der Waals surface area (Å²) in [5.74, 6) is 0.603. The molecule has 3 aromatic rings. The van der Waals surface area contributed by atoms with Gasteiger partial charge in [0.15, 0.2) is 0 Å². The normalized spacial score (nSPS) is 12.7. The third kappa shape index (κ3) is 2.13. The maximum atomic E-state index is 11.2. The predicted molar refractivity (Wildman–Crippen MR) is 71.8 cm³/mol. The standard InChI is InChI=1S/C13H13N5O/c14-7-9(12-15-4-1-5-16-12)8-2-3-10-11(6-8)18-13(19)17-10/h1-6,9H,7,14H2,(H2,17,18,19). The van der Waals surface area contributed by atoms with Crippen LogP contribution in [0.2, 0.25) is 0 Å². The van der Waals surface area contributed by atoms with Crippen LogP contribution < -0.4 is 11.4 Å². The Labute approximate surface area is 108 Å². The van der Waals surface area contributed by atoms with Gasteiger partial charge in [-0.3, -0.25) is 0 Å². The lowest BCUT2D eigenvalue weighted by Crippen LogP contribution is -2.16. The number of fused-ring (bicyclic) bond motifs is 1. The molecule has 2 heterocycles. The van der Waals surface area contributed by atoms with Crippen LogP contribution in [0, 0.1) is 0 Å². The fraction of sp³-hybridized carbons (Fsp3) is 0.154. The van der Waals surface area contributed by atoms with E-state index in [1.807, 2.05) is 18.2 Å². The molecule has 3 rings (SSSR count). The first-order valence-electron chi connectivity index (χ1n) is 5.97. The van der Waals surface area contributed by atoms with Gasteiger partial charge in [0.05, 0.1) is 17.0 Å². The molecule has 1 atom stereocenters. The highest BCUT2D eigenvalue weighted by Crippen LogP contribution is 2.22. The quantitative estimate of drug-likeness (QED) is 0.642. The molecule has 0 aliphatic heterocycles. The third-order valence-electron chi connectivity index (χ3n) is 3.08. The molecule has 0 amide bonds. The molecule has 6 heteroatoms. The number of aromatic amines is 2. The van der Waals surface area contributed by atoms with Crippen LogP contribution in [0.15, 0.2) is 41.5 Å². The molecule has 0 bridgehead atoms. The van der Waals surface area contributed by atoms with Gasteiger partial charge in [-0.05, 0) is 23.8 Å². The Balaban J connectivity index is 2.08. The van der Waals surface area contributed by atoms with Crippen LogP contribution in [0.25, 0.3) is 11.0 Å². The second-order valence-electron chi connectivity index (χ2n) is 4.28. The van der Waals surface area contributed by atoms with E-state index in [4.69, 9.17) is 5.73 Å². The van der Waals surface area contributed by atoms with E-state index in [1.54, 1.807) is 18.5 Å². The van der Waals surface area contributed by atoms with Crippen molar-refractivity contribution in [3.63, 3.8) is 0 Å². The maximum absolute atomic E-state index is 11.2. The van der Waals surface area contributed by atoms with Crippen LogP contribution in [0.4, 0.5) is 0 Å². The molecule has 0 saturated heterocycles. The van der Waals surface area contributed by atoms with E-state index in [2.05, 4.69) is 19.9 Å². The van der Waals surface area contributed by atoms with Gasteiger partial charge in [0.2, 0.25) is 0 Å². The number of benzene rings is 1. The first-order chi connectivity index (χ1) is 9.28. The van der Waals surface area contributed by atoms with Crippen LogP contribution >= 0.6 is 0 Å². The van der Waals surface area contributed by atoms with Gasteiger partial charge >= 0.3 is 5.69 Å². The lowest BCUT2D eigenvalue weighted by molar-refractivity contribution is 0.750. The van der Waals surface area contributed by atoms with E-state index in [0.29, 0.717) is 12.4 Å². The lowest BCUT2D eigenvalue weighted by Gasteiger charge is -2.13. The van der Waals surface area contributed by atoms with E-state index < -0.39 is 0 Å². The van der Waals surface area contributed by atoms with Crippen molar-refractivity contribution in [2.24, 2.45) is 5.73 Å². The monoisotopic (exact) mass is 255 g/mol. The Morgan fingerprint density at radius 3 is 2.63 bits per heavy atom. The van der Waals surface area contributed by atoms with E-state index in [-0.39, 0.29) is 11.6 Å². The number of hydrogen-bond acceptors (Lipinski definition) is 4. The highest BCUT2D eigenvalue weighted by atomic mass is 16.1. The second kappa shape index (κ2) is 4.66. The molecule has 0 aliphatic carbocycles. The zero-order valence-corrected chi connectivity index (χ0v) is 10.1. The molecular weight excluding hydrogens is 242 g/mol. The van der Waals surface area contributed by atoms with Crippen molar-refractivity contribution in [1.82, 2.24) is 19.9 Å². The van der Waals surface area contributed by atoms with E-state index in [0.717, 1.165) is 16.6 Å². The van der Waals surface area contributed by atoms with Gasteiger partial charge in [-0.15, -0.1) is 0 Å². The molecule has 0 saturated carbocycles. The summed E-state index contributed by atoms with van der Waals surface area (Å²) in [5, 5.41) is 0. The molecule has 6 nitrogen and oxygen atoms in total. The maximum Gasteiger partial charge on any atom is 0.323 e. The Morgan fingerprint density at radius 1 is 1.16 bits per heavy atom. The number of nitrogens with one attached hydrogen (secondary N) is 2. The molecule has 0 aliphatic rings. The largest absolute Gasteiger partial charge is 0.329 e. The number of nitrogens with two attached hydrogens (primary N) is 1. The van der Waals surface area contributed by atoms with Crippen LogP contribution in [-0.4, -0.2) is 26.5 Å². The highest BCUT2D eigenvalue weighted by molar-refractivity contribution is 5.75. The minimum absolute atomic E-state index is 0.0796. The molecule has 1 unspecified atom stereocenters. The van der Waals surface area contributed by atoms with Crippen LogP contribution in [0.3, 0.4) is 0 Å². The number of aromatic nitrogens is 4. The van der Waals surface area contributed by atoms with E-state index in [1.165, 1.54) is 0 Å². The summed E-state index contributed by atoms with van der Waals surface area (Å²) < 4.78 is 0. The predicted octanol–water partition coefficient (Wildman–Crippen LogP) is 0.737. The van der Waals surface area contributed by atoms with Crippen LogP contribution in [-0.2, 0) is 0 Å². The number of hydrogen-bond donors (Lipinski definition) is 3. The smallest absolute Gasteiger partial charge is 0.323 e. The summed E-state index contributed by atoms with van der Waals surface area (Å²) in [6.07, 6.45) is 3.39. The second-order valence-corrected chi connectivity index (χ2v) is 4.28. The molecular formula is C13H13N5O. The SMILES string of the molecule is NCC(c1ccc2[nH]c(=O)[nH]c2c1)c1ncccn1. The average Bonchev–Trinajstić information content (AvgIpc) is 2.80. The Morgan fingerprint density at radius 2 is 1.89 bits per heavy atom. The van der Waals surface area contributed by atoms with Crippen molar-refractivity contribution in [3.8, 4) is 0 Å². The van der Waals surface area contributed by atoms with E-state index in [9.17, 15) is 4.79 Å². The number of nitrogens with zero attached hydrogens (tertiary/aromatic N) is 2. The minimum Gasteiger partial charge on any atom is -0.329 e. The summed E-state index contributed by atoms with van der Waals surface area (Å²) in [7, 11) is 0. The molecule has 96 valence electrons. The summed E-state index contributed by atoms with van der Waals surface area (Å²) >= 11 is 0. The fourth-order valence-electron chi connectivity index (χ4n) is 2.15. The molecule has 19 heavy (non-hydrogen) atoms. The zero-order chi connectivity index (χ0) is 13.2. The summed E-state index contributed by atoms with van der Waals surface area (Å²) in [5.41, 5.74) is 8.13. The van der Waals surface area contributed by atoms with E-state index >= 15 is 0 Å². The van der Waals surface area contributed by atoms with Gasteiger partial charge in [-0.2, -0.15) is 0 Å². The molecule has 0 fully saturated rings. The lowest BCUT2D eigenvalue weighted by atomic mass is 9.98. The topological polar surface area (TPSA) is 100 Å². The number of H-pyrrole nitrogens is 2. The van der Waals surface area contributed by atoms with Gasteiger partial charge < -0.3 is 15.7 Å². The van der Waals surface area contributed by atoms with Crippen molar-refractivity contribution < 1.29 is 0 Å². The van der Waals surface area contributed by atoms with Gasteiger partial charge in [0, 0.05) is 18.9 Å².